The summed E-state index contributed by atoms with van der Waals surface area (Å²) in [6.45, 7) is 2.24. The van der Waals surface area contributed by atoms with Crippen molar-refractivity contribution in [3.63, 3.8) is 0 Å². The quantitative estimate of drug-likeness (QED) is 0.514. The number of unbranched alkanes of at least 4 members (excludes halogenated alkanes) is 1. The van der Waals surface area contributed by atoms with Gasteiger partial charge in [-0.1, -0.05) is 6.42 Å². The summed E-state index contributed by atoms with van der Waals surface area (Å²) in [5, 5.41) is 3.56. The Bertz CT molecular complexity index is 136. The molecule has 0 radical (unpaired) electrons. The van der Waals surface area contributed by atoms with Crippen LogP contribution in [0, 0.1) is 0 Å². The molecule has 0 aromatic carbocycles. The molecule has 1 aliphatic rings. The molecule has 2 heteroatoms. The van der Waals surface area contributed by atoms with Crippen LogP contribution in [0.5, 0.6) is 0 Å². The molecule has 0 saturated carbocycles. The number of nitrogens with one attached hydrogen (secondary N) is 1. The third kappa shape index (κ3) is 3.35. The van der Waals surface area contributed by atoms with E-state index in [0.717, 1.165) is 19.1 Å². The number of aldehydes is 1. The molecule has 0 aliphatic carbocycles. The molecule has 1 fully saturated rings. The Morgan fingerprint density at radius 1 is 1.50 bits per heavy atom. The zero-order valence-electron chi connectivity index (χ0n) is 7.88. The van der Waals surface area contributed by atoms with E-state index in [1.54, 1.807) is 0 Å². The molecule has 0 spiro atoms. The summed E-state index contributed by atoms with van der Waals surface area (Å²) in [6, 6.07) is 1.36. The Hall–Kier alpha value is -0.370. The SMILES string of the molecule is CC1CCCC(CCCC=O)N1. The number of hydrogen-bond donors (Lipinski definition) is 1. The lowest BCUT2D eigenvalue weighted by Gasteiger charge is -2.28. The van der Waals surface area contributed by atoms with Crippen LogP contribution in [0.15, 0.2) is 0 Å². The molecule has 1 aliphatic heterocycles. The summed E-state index contributed by atoms with van der Waals surface area (Å²) in [6.07, 6.45) is 7.92. The molecule has 0 amide bonds. The Morgan fingerprint density at radius 2 is 2.33 bits per heavy atom. The highest BCUT2D eigenvalue weighted by atomic mass is 16.1. The van der Waals surface area contributed by atoms with Crippen LogP contribution >= 0.6 is 0 Å². The molecule has 0 aromatic rings. The second-order valence-electron chi connectivity index (χ2n) is 3.79. The van der Waals surface area contributed by atoms with E-state index in [0.29, 0.717) is 12.1 Å². The smallest absolute Gasteiger partial charge is 0.119 e. The number of carbonyl (C=O) groups excluding carboxylic acids is 1. The summed E-state index contributed by atoms with van der Waals surface area (Å²) in [7, 11) is 0. The number of rotatable bonds is 4. The first kappa shape index (κ1) is 9.72. The lowest BCUT2D eigenvalue weighted by atomic mass is 9.96. The van der Waals surface area contributed by atoms with Crippen molar-refractivity contribution in [2.45, 2.75) is 57.5 Å². The standard InChI is InChI=1S/C10H19NO/c1-9-5-4-7-10(11-9)6-2-3-8-12/h8-11H,2-7H2,1H3. The fraction of sp³-hybridized carbons (Fsp3) is 0.900. The van der Waals surface area contributed by atoms with Crippen molar-refractivity contribution >= 4 is 6.29 Å². The van der Waals surface area contributed by atoms with E-state index in [1.807, 2.05) is 0 Å². The first-order valence-corrected chi connectivity index (χ1v) is 5.02. The van der Waals surface area contributed by atoms with Crippen molar-refractivity contribution in [1.29, 1.82) is 0 Å². The highest BCUT2D eigenvalue weighted by Gasteiger charge is 2.16. The summed E-state index contributed by atoms with van der Waals surface area (Å²) in [4.78, 5) is 10.1. The largest absolute Gasteiger partial charge is 0.312 e. The first-order valence-electron chi connectivity index (χ1n) is 5.02. The van der Waals surface area contributed by atoms with Gasteiger partial charge < -0.3 is 10.1 Å². The van der Waals surface area contributed by atoms with Gasteiger partial charge in [0.1, 0.15) is 6.29 Å². The van der Waals surface area contributed by atoms with E-state index in [4.69, 9.17) is 0 Å². The van der Waals surface area contributed by atoms with Crippen LogP contribution in [0.4, 0.5) is 0 Å². The minimum absolute atomic E-state index is 0.675. The van der Waals surface area contributed by atoms with Crippen molar-refractivity contribution in [1.82, 2.24) is 5.32 Å². The summed E-state index contributed by atoms with van der Waals surface area (Å²) >= 11 is 0. The van der Waals surface area contributed by atoms with Crippen molar-refractivity contribution < 1.29 is 4.79 Å². The maximum atomic E-state index is 10.1. The molecule has 70 valence electrons. The molecule has 1 saturated heterocycles. The predicted octanol–water partition coefficient (Wildman–Crippen LogP) is 1.89. The normalized spacial score (nSPS) is 30.1. The average molecular weight is 169 g/mol. The van der Waals surface area contributed by atoms with Gasteiger partial charge in [-0.3, -0.25) is 0 Å². The van der Waals surface area contributed by atoms with Crippen LogP contribution in [-0.2, 0) is 4.79 Å². The van der Waals surface area contributed by atoms with E-state index in [1.165, 1.54) is 25.7 Å². The molecule has 0 bridgehead atoms. The predicted molar refractivity (Wildman–Crippen MR) is 50.2 cm³/mol. The van der Waals surface area contributed by atoms with Crippen molar-refractivity contribution in [3.05, 3.63) is 0 Å². The van der Waals surface area contributed by atoms with Gasteiger partial charge in [0.2, 0.25) is 0 Å². The second kappa shape index (κ2) is 5.31. The van der Waals surface area contributed by atoms with Gasteiger partial charge in [0, 0.05) is 18.5 Å². The van der Waals surface area contributed by atoms with Gasteiger partial charge in [0.15, 0.2) is 0 Å². The molecule has 2 atom stereocenters. The Labute approximate surface area is 74.7 Å². The Morgan fingerprint density at radius 3 is 3.00 bits per heavy atom. The maximum absolute atomic E-state index is 10.1. The lowest BCUT2D eigenvalue weighted by molar-refractivity contribution is -0.107. The fourth-order valence-electron chi connectivity index (χ4n) is 1.91. The zero-order chi connectivity index (χ0) is 8.81. The van der Waals surface area contributed by atoms with Crippen LogP contribution in [0.3, 0.4) is 0 Å². The molecule has 1 heterocycles. The summed E-state index contributed by atoms with van der Waals surface area (Å²) in [5.41, 5.74) is 0. The van der Waals surface area contributed by atoms with Gasteiger partial charge in [-0.05, 0) is 32.6 Å². The average Bonchev–Trinajstić information content (AvgIpc) is 2.05. The van der Waals surface area contributed by atoms with Crippen LogP contribution in [0.2, 0.25) is 0 Å². The monoisotopic (exact) mass is 169 g/mol. The van der Waals surface area contributed by atoms with E-state index in [-0.39, 0.29) is 0 Å². The summed E-state index contributed by atoms with van der Waals surface area (Å²) in [5.74, 6) is 0. The van der Waals surface area contributed by atoms with E-state index in [9.17, 15) is 4.79 Å². The van der Waals surface area contributed by atoms with E-state index in [2.05, 4.69) is 12.2 Å². The third-order valence-corrected chi connectivity index (χ3v) is 2.58. The summed E-state index contributed by atoms with van der Waals surface area (Å²) < 4.78 is 0. The van der Waals surface area contributed by atoms with Gasteiger partial charge in [0.25, 0.3) is 0 Å². The highest BCUT2D eigenvalue weighted by Crippen LogP contribution is 2.16. The number of hydrogen-bond acceptors (Lipinski definition) is 2. The Balaban J connectivity index is 2.09. The maximum Gasteiger partial charge on any atom is 0.119 e. The van der Waals surface area contributed by atoms with Gasteiger partial charge in [0.05, 0.1) is 0 Å². The number of piperidine rings is 1. The molecule has 2 unspecified atom stereocenters. The van der Waals surface area contributed by atoms with Crippen LogP contribution in [0.1, 0.15) is 45.4 Å². The highest BCUT2D eigenvalue weighted by molar-refractivity contribution is 5.48. The van der Waals surface area contributed by atoms with Crippen LogP contribution in [-0.4, -0.2) is 18.4 Å². The zero-order valence-corrected chi connectivity index (χ0v) is 7.88. The van der Waals surface area contributed by atoms with Gasteiger partial charge in [-0.15, -0.1) is 0 Å². The fourth-order valence-corrected chi connectivity index (χ4v) is 1.91. The lowest BCUT2D eigenvalue weighted by Crippen LogP contribution is -2.40. The molecular weight excluding hydrogens is 150 g/mol. The minimum Gasteiger partial charge on any atom is -0.312 e. The third-order valence-electron chi connectivity index (χ3n) is 2.58. The van der Waals surface area contributed by atoms with E-state index >= 15 is 0 Å². The van der Waals surface area contributed by atoms with Crippen molar-refractivity contribution in [2.24, 2.45) is 0 Å². The van der Waals surface area contributed by atoms with E-state index < -0.39 is 0 Å². The Kier molecular flexibility index (Phi) is 4.30. The topological polar surface area (TPSA) is 29.1 Å². The number of carbonyl (C=O) groups is 1. The van der Waals surface area contributed by atoms with Crippen molar-refractivity contribution in [2.75, 3.05) is 0 Å². The molecule has 2 nitrogen and oxygen atoms in total. The molecule has 0 aromatic heterocycles. The first-order chi connectivity index (χ1) is 5.83. The van der Waals surface area contributed by atoms with Gasteiger partial charge >= 0.3 is 0 Å². The van der Waals surface area contributed by atoms with Crippen LogP contribution in [0.25, 0.3) is 0 Å². The molecule has 12 heavy (non-hydrogen) atoms. The molecular formula is C10H19NO. The van der Waals surface area contributed by atoms with Gasteiger partial charge in [-0.2, -0.15) is 0 Å². The molecule has 1 N–H and O–H groups in total. The molecule has 1 rings (SSSR count). The van der Waals surface area contributed by atoms with Crippen LogP contribution < -0.4 is 5.32 Å². The van der Waals surface area contributed by atoms with Crippen molar-refractivity contribution in [3.8, 4) is 0 Å². The van der Waals surface area contributed by atoms with Gasteiger partial charge in [-0.25, -0.2) is 0 Å². The minimum atomic E-state index is 0.675. The second-order valence-corrected chi connectivity index (χ2v) is 3.79.